The fourth-order valence-corrected chi connectivity index (χ4v) is 2.53. The highest BCUT2D eigenvalue weighted by Crippen LogP contribution is 2.22. The van der Waals surface area contributed by atoms with Crippen molar-refractivity contribution in [3.8, 4) is 0 Å². The predicted octanol–water partition coefficient (Wildman–Crippen LogP) is 1.02. The molecule has 4 N–H and O–H groups in total. The smallest absolute Gasteiger partial charge is 0.0594 e. The van der Waals surface area contributed by atoms with Gasteiger partial charge in [0.1, 0.15) is 0 Å². The molecule has 0 heterocycles. The third-order valence-electron chi connectivity index (χ3n) is 3.64. The summed E-state index contributed by atoms with van der Waals surface area (Å²) in [6, 6.07) is 6.76. The Balaban J connectivity index is 1.79. The molecule has 0 spiro atoms. The second-order valence-corrected chi connectivity index (χ2v) is 5.21. The van der Waals surface area contributed by atoms with E-state index in [1.807, 2.05) is 0 Å². The first-order valence-corrected chi connectivity index (χ1v) is 6.97. The molecular formula is C15H24N2O. The fourth-order valence-electron chi connectivity index (χ4n) is 2.53. The van der Waals surface area contributed by atoms with E-state index in [2.05, 4.69) is 23.5 Å². The fraction of sp³-hybridized carbons (Fsp3) is 0.600. The predicted molar refractivity (Wildman–Crippen MR) is 74.7 cm³/mol. The Labute approximate surface area is 109 Å². The van der Waals surface area contributed by atoms with Crippen LogP contribution in [0.5, 0.6) is 0 Å². The average Bonchev–Trinajstić information content (AvgIpc) is 2.43. The van der Waals surface area contributed by atoms with Gasteiger partial charge in [-0.1, -0.05) is 18.2 Å². The van der Waals surface area contributed by atoms with E-state index < -0.39 is 0 Å². The van der Waals surface area contributed by atoms with Crippen LogP contribution in [0.1, 0.15) is 29.5 Å². The minimum Gasteiger partial charge on any atom is -0.395 e. The summed E-state index contributed by atoms with van der Waals surface area (Å²) in [4.78, 5) is 0. The number of fused-ring (bicyclic) bond motifs is 1. The molecule has 0 bridgehead atoms. The normalized spacial score (nSPS) is 16.3. The number of benzene rings is 1. The maximum Gasteiger partial charge on any atom is 0.0594 e. The molecule has 1 aliphatic rings. The lowest BCUT2D eigenvalue weighted by molar-refractivity contribution is 0.262. The number of hydrogen-bond donors (Lipinski definition) is 3. The number of nitrogens with one attached hydrogen (secondary N) is 1. The zero-order valence-electron chi connectivity index (χ0n) is 11.0. The van der Waals surface area contributed by atoms with E-state index in [-0.39, 0.29) is 12.6 Å². The number of aliphatic hydroxyl groups excluding tert-OH is 1. The summed E-state index contributed by atoms with van der Waals surface area (Å²) < 4.78 is 0. The second-order valence-electron chi connectivity index (χ2n) is 5.21. The van der Waals surface area contributed by atoms with Crippen molar-refractivity contribution in [1.29, 1.82) is 0 Å². The van der Waals surface area contributed by atoms with Crippen LogP contribution in [0.3, 0.4) is 0 Å². The zero-order valence-corrected chi connectivity index (χ0v) is 11.0. The van der Waals surface area contributed by atoms with Crippen molar-refractivity contribution in [2.24, 2.45) is 5.73 Å². The highest BCUT2D eigenvalue weighted by molar-refractivity contribution is 5.33. The SMILES string of the molecule is NC(CO)CNCCc1ccc2c(c1)CCCC2. The van der Waals surface area contributed by atoms with Gasteiger partial charge in [-0.25, -0.2) is 0 Å². The van der Waals surface area contributed by atoms with Crippen molar-refractivity contribution in [1.82, 2.24) is 5.32 Å². The Bertz CT molecular complexity index is 379. The molecule has 0 aromatic heterocycles. The third kappa shape index (κ3) is 3.80. The van der Waals surface area contributed by atoms with Crippen LogP contribution in [-0.2, 0) is 19.3 Å². The molecule has 1 unspecified atom stereocenters. The molecule has 0 radical (unpaired) electrons. The van der Waals surface area contributed by atoms with E-state index in [1.54, 1.807) is 11.1 Å². The monoisotopic (exact) mass is 248 g/mol. The van der Waals surface area contributed by atoms with Crippen molar-refractivity contribution < 1.29 is 5.11 Å². The summed E-state index contributed by atoms with van der Waals surface area (Å²) in [5, 5.41) is 12.1. The summed E-state index contributed by atoms with van der Waals surface area (Å²) >= 11 is 0. The molecule has 3 nitrogen and oxygen atoms in total. The zero-order chi connectivity index (χ0) is 12.8. The summed E-state index contributed by atoms with van der Waals surface area (Å²) in [6.07, 6.45) is 6.20. The molecule has 100 valence electrons. The van der Waals surface area contributed by atoms with Crippen molar-refractivity contribution in [2.45, 2.75) is 38.1 Å². The molecule has 3 heteroatoms. The Morgan fingerprint density at radius 2 is 2.00 bits per heavy atom. The lowest BCUT2D eigenvalue weighted by Crippen LogP contribution is -2.37. The molecule has 2 rings (SSSR count). The van der Waals surface area contributed by atoms with Gasteiger partial charge in [-0.3, -0.25) is 0 Å². The average molecular weight is 248 g/mol. The van der Waals surface area contributed by atoms with E-state index in [0.717, 1.165) is 13.0 Å². The van der Waals surface area contributed by atoms with Gasteiger partial charge in [-0.15, -0.1) is 0 Å². The maximum absolute atomic E-state index is 8.82. The standard InChI is InChI=1S/C15H24N2O/c16-15(11-18)10-17-8-7-12-5-6-13-3-1-2-4-14(13)9-12/h5-6,9,15,17-18H,1-4,7-8,10-11,16H2. The van der Waals surface area contributed by atoms with Gasteiger partial charge in [0.25, 0.3) is 0 Å². The number of aryl methyl sites for hydroxylation is 2. The topological polar surface area (TPSA) is 58.3 Å². The molecular weight excluding hydrogens is 224 g/mol. The van der Waals surface area contributed by atoms with Gasteiger partial charge >= 0.3 is 0 Å². The minimum atomic E-state index is -0.145. The second kappa shape index (κ2) is 6.88. The van der Waals surface area contributed by atoms with Crippen molar-refractivity contribution in [2.75, 3.05) is 19.7 Å². The van der Waals surface area contributed by atoms with E-state index in [1.165, 1.54) is 31.2 Å². The molecule has 0 amide bonds. The summed E-state index contributed by atoms with van der Waals surface area (Å²) in [7, 11) is 0. The summed E-state index contributed by atoms with van der Waals surface area (Å²) in [6.45, 7) is 1.65. The van der Waals surface area contributed by atoms with Gasteiger partial charge in [0.05, 0.1) is 6.61 Å². The molecule has 0 saturated carbocycles. The maximum atomic E-state index is 8.82. The van der Waals surface area contributed by atoms with Gasteiger partial charge in [0.2, 0.25) is 0 Å². The first kappa shape index (κ1) is 13.5. The molecule has 1 aromatic carbocycles. The molecule has 18 heavy (non-hydrogen) atoms. The molecule has 0 aliphatic heterocycles. The molecule has 0 saturated heterocycles. The van der Waals surface area contributed by atoms with Crippen molar-refractivity contribution in [3.05, 3.63) is 34.9 Å². The number of rotatable bonds is 6. The molecule has 1 atom stereocenters. The molecule has 1 aliphatic carbocycles. The van der Waals surface area contributed by atoms with Crippen LogP contribution in [0, 0.1) is 0 Å². The first-order chi connectivity index (χ1) is 8.79. The number of nitrogens with two attached hydrogens (primary N) is 1. The van der Waals surface area contributed by atoms with Gasteiger partial charge in [0, 0.05) is 12.6 Å². The van der Waals surface area contributed by atoms with Crippen LogP contribution in [0.25, 0.3) is 0 Å². The molecule has 0 fully saturated rings. The largest absolute Gasteiger partial charge is 0.395 e. The summed E-state index contributed by atoms with van der Waals surface area (Å²) in [5.41, 5.74) is 10.1. The number of aliphatic hydroxyl groups is 1. The molecule has 1 aromatic rings. The summed E-state index contributed by atoms with van der Waals surface area (Å²) in [5.74, 6) is 0. The van der Waals surface area contributed by atoms with Gasteiger partial charge in [-0.2, -0.15) is 0 Å². The van der Waals surface area contributed by atoms with Crippen LogP contribution in [0.15, 0.2) is 18.2 Å². The van der Waals surface area contributed by atoms with Crippen LogP contribution in [0.4, 0.5) is 0 Å². The highest BCUT2D eigenvalue weighted by Gasteiger charge is 2.09. The highest BCUT2D eigenvalue weighted by atomic mass is 16.3. The first-order valence-electron chi connectivity index (χ1n) is 6.97. The van der Waals surface area contributed by atoms with Gasteiger partial charge in [-0.05, 0) is 55.3 Å². The van der Waals surface area contributed by atoms with E-state index in [9.17, 15) is 0 Å². The Morgan fingerprint density at radius 3 is 2.78 bits per heavy atom. The van der Waals surface area contributed by atoms with Gasteiger partial charge < -0.3 is 16.2 Å². The third-order valence-corrected chi connectivity index (χ3v) is 3.64. The van der Waals surface area contributed by atoms with Crippen LogP contribution in [0.2, 0.25) is 0 Å². The van der Waals surface area contributed by atoms with Crippen LogP contribution in [-0.4, -0.2) is 30.8 Å². The van der Waals surface area contributed by atoms with Crippen LogP contribution >= 0.6 is 0 Å². The van der Waals surface area contributed by atoms with E-state index >= 15 is 0 Å². The Hall–Kier alpha value is -0.900. The minimum absolute atomic E-state index is 0.0475. The quantitative estimate of drug-likeness (QED) is 0.659. The lowest BCUT2D eigenvalue weighted by atomic mass is 9.90. The van der Waals surface area contributed by atoms with E-state index in [4.69, 9.17) is 10.8 Å². The Morgan fingerprint density at radius 1 is 1.22 bits per heavy atom. The van der Waals surface area contributed by atoms with Crippen molar-refractivity contribution in [3.63, 3.8) is 0 Å². The van der Waals surface area contributed by atoms with Gasteiger partial charge in [0.15, 0.2) is 0 Å². The van der Waals surface area contributed by atoms with Crippen molar-refractivity contribution >= 4 is 0 Å². The van der Waals surface area contributed by atoms with Crippen LogP contribution < -0.4 is 11.1 Å². The van der Waals surface area contributed by atoms with E-state index in [0.29, 0.717) is 6.54 Å². The lowest BCUT2D eigenvalue weighted by Gasteiger charge is -2.16. The Kier molecular flexibility index (Phi) is 5.17. The number of hydrogen-bond acceptors (Lipinski definition) is 3.